The molecule has 0 aromatic heterocycles. The van der Waals surface area contributed by atoms with Crippen molar-refractivity contribution in [2.45, 2.75) is 13.3 Å². The number of carbonyl (C=O) groups is 1. The fourth-order valence-electron chi connectivity index (χ4n) is 0.590. The minimum atomic E-state index is -3.24. The average molecular weight is 210 g/mol. The predicted octanol–water partition coefficient (Wildman–Crippen LogP) is 0.475. The molecule has 8 heteroatoms. The first-order valence-corrected chi connectivity index (χ1v) is 3.48. The summed E-state index contributed by atoms with van der Waals surface area (Å²) in [5, 5.41) is 20.8. The van der Waals surface area contributed by atoms with Crippen LogP contribution in [0.25, 0.3) is 0 Å². The first-order chi connectivity index (χ1) is 6.58. The van der Waals surface area contributed by atoms with Crippen molar-refractivity contribution >= 4 is 17.4 Å². The lowest BCUT2D eigenvalue weighted by molar-refractivity contribution is -0.135. The van der Waals surface area contributed by atoms with E-state index in [1.807, 2.05) is 0 Å². The van der Waals surface area contributed by atoms with Crippen LogP contribution in [0.4, 0.5) is 8.78 Å². The van der Waals surface area contributed by atoms with Crippen LogP contribution in [-0.4, -0.2) is 40.8 Å². The number of hydrogen-bond donors (Lipinski definition) is 2. The van der Waals surface area contributed by atoms with E-state index in [1.54, 1.807) is 0 Å². The molecule has 0 radical (unpaired) electrons. The van der Waals surface area contributed by atoms with E-state index >= 15 is 0 Å². The monoisotopic (exact) mass is 210 g/mol. The van der Waals surface area contributed by atoms with Crippen LogP contribution < -0.4 is 0 Å². The number of oxime groups is 2. The van der Waals surface area contributed by atoms with Gasteiger partial charge in [0.15, 0.2) is 5.71 Å². The molecule has 80 valence electrons. The van der Waals surface area contributed by atoms with E-state index in [4.69, 9.17) is 10.4 Å². The molecule has 0 aliphatic heterocycles. The van der Waals surface area contributed by atoms with Gasteiger partial charge in [-0.2, -0.15) is 0 Å². The van der Waals surface area contributed by atoms with Gasteiger partial charge in [-0.15, -0.1) is 0 Å². The molecule has 0 amide bonds. The summed E-state index contributed by atoms with van der Waals surface area (Å²) in [5.41, 5.74) is -2.46. The molecule has 0 aromatic carbocycles. The van der Waals surface area contributed by atoms with Crippen LogP contribution in [0.15, 0.2) is 10.3 Å². The zero-order valence-corrected chi connectivity index (χ0v) is 7.15. The minimum absolute atomic E-state index is 0.0835. The molecule has 0 heterocycles. The van der Waals surface area contributed by atoms with Crippen molar-refractivity contribution in [3.8, 4) is 0 Å². The summed E-state index contributed by atoms with van der Waals surface area (Å²) in [6, 6.07) is 0. The molecule has 0 aliphatic rings. The zero-order valence-electron chi connectivity index (χ0n) is 7.15. The lowest BCUT2D eigenvalue weighted by Crippen LogP contribution is -2.31. The summed E-state index contributed by atoms with van der Waals surface area (Å²) in [7, 11) is 0. The summed E-state index contributed by atoms with van der Waals surface area (Å²) in [4.78, 5) is 10.8. The lowest BCUT2D eigenvalue weighted by atomic mass is 10.2. The Morgan fingerprint density at radius 1 is 1.43 bits per heavy atom. The SMILES string of the molecule is CCOC(=O)C(=NO)C(=NO)C(F)F. The van der Waals surface area contributed by atoms with Gasteiger partial charge in [-0.3, -0.25) is 0 Å². The smallest absolute Gasteiger partial charge is 0.362 e. The molecule has 0 aromatic rings. The Hall–Kier alpha value is -1.73. The van der Waals surface area contributed by atoms with Crippen molar-refractivity contribution in [2.24, 2.45) is 10.3 Å². The van der Waals surface area contributed by atoms with Crippen LogP contribution in [-0.2, 0) is 9.53 Å². The Morgan fingerprint density at radius 2 is 2.00 bits per heavy atom. The first kappa shape index (κ1) is 12.3. The van der Waals surface area contributed by atoms with Crippen molar-refractivity contribution < 1.29 is 28.7 Å². The Morgan fingerprint density at radius 3 is 2.29 bits per heavy atom. The molecule has 0 rings (SSSR count). The summed E-state index contributed by atoms with van der Waals surface area (Å²) >= 11 is 0. The van der Waals surface area contributed by atoms with Crippen molar-refractivity contribution in [3.63, 3.8) is 0 Å². The van der Waals surface area contributed by atoms with Crippen molar-refractivity contribution in [3.05, 3.63) is 0 Å². The normalized spacial score (nSPS) is 13.1. The molecule has 0 spiro atoms. The number of halogens is 2. The van der Waals surface area contributed by atoms with E-state index in [2.05, 4.69) is 15.0 Å². The van der Waals surface area contributed by atoms with Crippen LogP contribution in [0.2, 0.25) is 0 Å². The highest BCUT2D eigenvalue weighted by atomic mass is 19.3. The third kappa shape index (κ3) is 2.96. The van der Waals surface area contributed by atoms with Gasteiger partial charge >= 0.3 is 5.97 Å². The number of carbonyl (C=O) groups excluding carboxylic acids is 1. The van der Waals surface area contributed by atoms with Gasteiger partial charge in [-0.1, -0.05) is 10.3 Å². The van der Waals surface area contributed by atoms with E-state index in [0.717, 1.165) is 0 Å². The third-order valence-electron chi connectivity index (χ3n) is 1.13. The highest BCUT2D eigenvalue weighted by Gasteiger charge is 2.28. The molecule has 0 bridgehead atoms. The standard InChI is InChI=1S/C6H8F2N2O4/c1-2-14-6(11)4(10-13)3(9-12)5(7)8/h5,12-13H,2H2,1H3. The van der Waals surface area contributed by atoms with E-state index < -0.39 is 23.8 Å². The van der Waals surface area contributed by atoms with Crippen molar-refractivity contribution in [2.75, 3.05) is 6.61 Å². The molecule has 0 unspecified atom stereocenters. The Labute approximate surface area is 77.5 Å². The van der Waals surface area contributed by atoms with E-state index in [-0.39, 0.29) is 6.61 Å². The topological polar surface area (TPSA) is 91.5 Å². The molecule has 0 saturated carbocycles. The first-order valence-electron chi connectivity index (χ1n) is 3.48. The van der Waals surface area contributed by atoms with E-state index in [9.17, 15) is 13.6 Å². The van der Waals surface area contributed by atoms with Crippen LogP contribution in [0.1, 0.15) is 6.92 Å². The molecule has 14 heavy (non-hydrogen) atoms. The number of esters is 1. The highest BCUT2D eigenvalue weighted by molar-refractivity contribution is 6.66. The molecule has 0 saturated heterocycles. The van der Waals surface area contributed by atoms with Crippen molar-refractivity contribution in [1.29, 1.82) is 0 Å². The van der Waals surface area contributed by atoms with Crippen LogP contribution in [0.3, 0.4) is 0 Å². The third-order valence-corrected chi connectivity index (χ3v) is 1.13. The summed E-state index contributed by atoms with van der Waals surface area (Å²) in [5.74, 6) is -1.29. The second kappa shape index (κ2) is 5.84. The van der Waals surface area contributed by atoms with E-state index in [1.165, 1.54) is 6.92 Å². The fraction of sp³-hybridized carbons (Fsp3) is 0.500. The van der Waals surface area contributed by atoms with Crippen molar-refractivity contribution in [1.82, 2.24) is 0 Å². The minimum Gasteiger partial charge on any atom is -0.461 e. The summed E-state index contributed by atoms with van der Waals surface area (Å²) in [6.45, 7) is 1.35. The second-order valence-electron chi connectivity index (χ2n) is 1.96. The zero-order chi connectivity index (χ0) is 11.1. The van der Waals surface area contributed by atoms with Gasteiger partial charge in [-0.25, -0.2) is 13.6 Å². The average Bonchev–Trinajstić information content (AvgIpc) is 2.13. The van der Waals surface area contributed by atoms with Gasteiger partial charge in [0.1, 0.15) is 0 Å². The lowest BCUT2D eigenvalue weighted by Gasteiger charge is -2.04. The maximum Gasteiger partial charge on any atom is 0.362 e. The number of hydrogen-bond acceptors (Lipinski definition) is 6. The fourth-order valence-corrected chi connectivity index (χ4v) is 0.590. The highest BCUT2D eigenvalue weighted by Crippen LogP contribution is 2.01. The molecular weight excluding hydrogens is 202 g/mol. The Kier molecular flexibility index (Phi) is 5.12. The summed E-state index contributed by atoms with van der Waals surface area (Å²) in [6.07, 6.45) is -3.24. The summed E-state index contributed by atoms with van der Waals surface area (Å²) < 4.78 is 28.4. The Bertz CT molecular complexity index is 265. The number of alkyl halides is 2. The number of nitrogens with zero attached hydrogens (tertiary/aromatic N) is 2. The Balaban J connectivity index is 4.82. The van der Waals surface area contributed by atoms with Crippen LogP contribution >= 0.6 is 0 Å². The number of rotatable bonds is 4. The van der Waals surface area contributed by atoms with Gasteiger partial charge in [-0.05, 0) is 6.92 Å². The molecule has 2 N–H and O–H groups in total. The molecule has 0 aliphatic carbocycles. The van der Waals surface area contributed by atoms with Gasteiger partial charge in [0.2, 0.25) is 5.71 Å². The molecule has 0 fully saturated rings. The molecule has 6 nitrogen and oxygen atoms in total. The maximum absolute atomic E-state index is 12.0. The van der Waals surface area contributed by atoms with Gasteiger partial charge < -0.3 is 15.2 Å². The van der Waals surface area contributed by atoms with Crippen LogP contribution in [0, 0.1) is 0 Å². The molecular formula is C6H8F2N2O4. The van der Waals surface area contributed by atoms with Gasteiger partial charge in [0.25, 0.3) is 6.43 Å². The number of ether oxygens (including phenoxy) is 1. The van der Waals surface area contributed by atoms with Gasteiger partial charge in [0.05, 0.1) is 6.61 Å². The quantitative estimate of drug-likeness (QED) is 0.305. The maximum atomic E-state index is 12.0. The predicted molar refractivity (Wildman–Crippen MR) is 41.1 cm³/mol. The van der Waals surface area contributed by atoms with E-state index in [0.29, 0.717) is 0 Å². The van der Waals surface area contributed by atoms with Gasteiger partial charge in [0, 0.05) is 0 Å². The van der Waals surface area contributed by atoms with Crippen LogP contribution in [0.5, 0.6) is 0 Å². The largest absolute Gasteiger partial charge is 0.461 e. The second-order valence-corrected chi connectivity index (χ2v) is 1.96. The molecule has 0 atom stereocenters.